The second-order valence-corrected chi connectivity index (χ2v) is 10.6. The van der Waals surface area contributed by atoms with E-state index in [4.69, 9.17) is 0 Å². The molecule has 2 amide bonds. The lowest BCUT2D eigenvalue weighted by Crippen LogP contribution is -2.70. The van der Waals surface area contributed by atoms with E-state index in [1.807, 2.05) is 24.3 Å². The van der Waals surface area contributed by atoms with Gasteiger partial charge in [0, 0.05) is 30.6 Å². The number of benzene rings is 1. The normalized spacial score (nSPS) is 40.9. The Morgan fingerprint density at radius 3 is 2.55 bits per heavy atom. The fourth-order valence-electron chi connectivity index (χ4n) is 6.89. The maximum absolute atomic E-state index is 13.6. The van der Waals surface area contributed by atoms with Crippen molar-refractivity contribution >= 4 is 17.5 Å². The SMILES string of the molecule is C[C@@H]1C[C@H](C)CN(C(=O)[C@@H]2C[C@@H]3CC[C@]2(C)C[C@]32NC(=O)c3ccccc3N2)C1. The van der Waals surface area contributed by atoms with Crippen LogP contribution in [-0.2, 0) is 4.79 Å². The molecule has 156 valence electrons. The van der Waals surface area contributed by atoms with Gasteiger partial charge in [0.2, 0.25) is 5.91 Å². The first-order chi connectivity index (χ1) is 13.8. The third kappa shape index (κ3) is 2.96. The van der Waals surface area contributed by atoms with Gasteiger partial charge in [-0.1, -0.05) is 32.9 Å². The highest BCUT2D eigenvalue weighted by atomic mass is 16.2. The molecule has 5 nitrogen and oxygen atoms in total. The maximum atomic E-state index is 13.6. The first-order valence-corrected chi connectivity index (χ1v) is 11.3. The Hall–Kier alpha value is -2.04. The number of likely N-dealkylation sites (tertiary alicyclic amines) is 1. The average Bonchev–Trinajstić information content (AvgIpc) is 2.66. The number of fused-ring (bicyclic) bond motifs is 3. The molecule has 0 radical (unpaired) electrons. The Kier molecular flexibility index (Phi) is 4.24. The van der Waals surface area contributed by atoms with Gasteiger partial charge in [-0.15, -0.1) is 0 Å². The minimum absolute atomic E-state index is 0.0112. The molecule has 2 bridgehead atoms. The fourth-order valence-corrected chi connectivity index (χ4v) is 6.89. The second kappa shape index (κ2) is 6.48. The lowest BCUT2D eigenvalue weighted by Gasteiger charge is -2.61. The molecule has 3 saturated carbocycles. The minimum atomic E-state index is -0.419. The van der Waals surface area contributed by atoms with Crippen LogP contribution in [0.1, 0.15) is 63.2 Å². The molecule has 5 heteroatoms. The fraction of sp³-hybridized carbons (Fsp3) is 0.667. The van der Waals surface area contributed by atoms with Crippen LogP contribution >= 0.6 is 0 Å². The van der Waals surface area contributed by atoms with E-state index < -0.39 is 5.66 Å². The highest BCUT2D eigenvalue weighted by Gasteiger charge is 2.60. The van der Waals surface area contributed by atoms with Crippen LogP contribution in [0.5, 0.6) is 0 Å². The predicted molar refractivity (Wildman–Crippen MR) is 113 cm³/mol. The number of hydrogen-bond donors (Lipinski definition) is 2. The van der Waals surface area contributed by atoms with Crippen LogP contribution in [0, 0.1) is 29.1 Å². The second-order valence-electron chi connectivity index (χ2n) is 10.6. The van der Waals surface area contributed by atoms with Gasteiger partial charge in [0.15, 0.2) is 0 Å². The van der Waals surface area contributed by atoms with Crippen LogP contribution in [0.2, 0.25) is 0 Å². The molecule has 6 atom stereocenters. The zero-order valence-electron chi connectivity index (χ0n) is 17.8. The first kappa shape index (κ1) is 19.0. The number of nitrogens with zero attached hydrogens (tertiary/aromatic N) is 1. The Morgan fingerprint density at radius 2 is 1.83 bits per heavy atom. The van der Waals surface area contributed by atoms with Crippen molar-refractivity contribution in [3.05, 3.63) is 29.8 Å². The van der Waals surface area contributed by atoms with Crippen molar-refractivity contribution in [2.75, 3.05) is 18.4 Å². The highest BCUT2D eigenvalue weighted by molar-refractivity contribution is 6.02. The van der Waals surface area contributed by atoms with E-state index in [1.54, 1.807) is 0 Å². The van der Waals surface area contributed by atoms with Crippen molar-refractivity contribution in [3.8, 4) is 0 Å². The number of nitrogens with one attached hydrogen (secondary N) is 2. The third-order valence-corrected chi connectivity index (χ3v) is 8.15. The van der Waals surface area contributed by atoms with Gasteiger partial charge in [-0.05, 0) is 61.5 Å². The van der Waals surface area contributed by atoms with Gasteiger partial charge in [-0.25, -0.2) is 0 Å². The zero-order valence-corrected chi connectivity index (χ0v) is 17.8. The summed E-state index contributed by atoms with van der Waals surface area (Å²) in [6.45, 7) is 8.59. The van der Waals surface area contributed by atoms with Crippen LogP contribution in [0.3, 0.4) is 0 Å². The number of piperidine rings is 1. The van der Waals surface area contributed by atoms with Crippen LogP contribution in [0.4, 0.5) is 5.69 Å². The van der Waals surface area contributed by atoms with Gasteiger partial charge in [0.05, 0.1) is 5.56 Å². The van der Waals surface area contributed by atoms with Crippen molar-refractivity contribution in [3.63, 3.8) is 0 Å². The number of hydrogen-bond acceptors (Lipinski definition) is 3. The Bertz CT molecular complexity index is 844. The summed E-state index contributed by atoms with van der Waals surface area (Å²) in [5.41, 5.74) is 1.14. The maximum Gasteiger partial charge on any atom is 0.255 e. The summed E-state index contributed by atoms with van der Waals surface area (Å²) in [6.07, 6.45) is 5.02. The van der Waals surface area contributed by atoms with E-state index in [1.165, 1.54) is 6.42 Å². The average molecular weight is 396 g/mol. The molecule has 29 heavy (non-hydrogen) atoms. The topological polar surface area (TPSA) is 61.4 Å². The van der Waals surface area contributed by atoms with Gasteiger partial charge < -0.3 is 15.5 Å². The van der Waals surface area contributed by atoms with Crippen LogP contribution in [0.15, 0.2) is 24.3 Å². The van der Waals surface area contributed by atoms with Crippen molar-refractivity contribution in [1.82, 2.24) is 10.2 Å². The summed E-state index contributed by atoms with van der Waals surface area (Å²) in [5, 5.41) is 7.02. The quantitative estimate of drug-likeness (QED) is 0.759. The Labute approximate surface area is 173 Å². The molecular weight excluding hydrogens is 362 g/mol. The van der Waals surface area contributed by atoms with Gasteiger partial charge >= 0.3 is 0 Å². The summed E-state index contributed by atoms with van der Waals surface area (Å²) in [5.74, 6) is 1.89. The molecule has 5 aliphatic rings. The number of anilines is 1. The third-order valence-electron chi connectivity index (χ3n) is 8.15. The van der Waals surface area contributed by atoms with Crippen molar-refractivity contribution in [2.45, 2.75) is 58.5 Å². The molecule has 1 aromatic carbocycles. The molecule has 4 fully saturated rings. The monoisotopic (exact) mass is 395 g/mol. The molecule has 0 aromatic heterocycles. The van der Waals surface area contributed by atoms with E-state index >= 15 is 0 Å². The highest BCUT2D eigenvalue weighted by Crippen LogP contribution is 2.59. The van der Waals surface area contributed by atoms with E-state index in [9.17, 15) is 9.59 Å². The molecular formula is C24H33N3O2. The van der Waals surface area contributed by atoms with Crippen molar-refractivity contribution < 1.29 is 9.59 Å². The molecule has 3 aliphatic carbocycles. The molecule has 1 spiro atoms. The van der Waals surface area contributed by atoms with Crippen LogP contribution in [0.25, 0.3) is 0 Å². The largest absolute Gasteiger partial charge is 0.362 e. The number of para-hydroxylation sites is 1. The molecule has 0 unspecified atom stereocenters. The van der Waals surface area contributed by atoms with Gasteiger partial charge in [-0.3, -0.25) is 9.59 Å². The summed E-state index contributed by atoms with van der Waals surface area (Å²) in [4.78, 5) is 28.6. The standard InChI is InChI=1S/C24H33N3O2/c1-15-10-16(2)13-27(12-15)22(29)19-11-17-8-9-23(19,3)14-24(17)25-20-7-5-4-6-18(20)21(28)26-24/h4-7,15-17,19,25H,8-14H2,1-3H3,(H,26,28)/t15-,16+,17-,19-,23+,24-/m0/s1. The molecule has 1 saturated heterocycles. The predicted octanol–water partition coefficient (Wildman–Crippen LogP) is 3.87. The van der Waals surface area contributed by atoms with E-state index in [2.05, 4.69) is 36.3 Å². The summed E-state index contributed by atoms with van der Waals surface area (Å²) in [7, 11) is 0. The van der Waals surface area contributed by atoms with E-state index in [0.29, 0.717) is 23.3 Å². The first-order valence-electron chi connectivity index (χ1n) is 11.3. The number of carbonyl (C=O) groups excluding carboxylic acids is 2. The number of rotatable bonds is 1. The minimum Gasteiger partial charge on any atom is -0.362 e. The molecule has 2 aliphatic heterocycles. The van der Waals surface area contributed by atoms with Gasteiger partial charge in [-0.2, -0.15) is 0 Å². The molecule has 1 aromatic rings. The van der Waals surface area contributed by atoms with Gasteiger partial charge in [0.1, 0.15) is 5.66 Å². The lowest BCUT2D eigenvalue weighted by molar-refractivity contribution is -0.153. The summed E-state index contributed by atoms with van der Waals surface area (Å²) >= 11 is 0. The van der Waals surface area contributed by atoms with Crippen LogP contribution in [-0.4, -0.2) is 35.5 Å². The Balaban J connectivity index is 1.41. The smallest absolute Gasteiger partial charge is 0.255 e. The summed E-state index contributed by atoms with van der Waals surface area (Å²) in [6, 6.07) is 7.76. The van der Waals surface area contributed by atoms with Crippen molar-refractivity contribution in [1.29, 1.82) is 0 Å². The zero-order chi connectivity index (χ0) is 20.4. The number of amides is 2. The van der Waals surface area contributed by atoms with E-state index in [0.717, 1.165) is 44.5 Å². The van der Waals surface area contributed by atoms with Crippen LogP contribution < -0.4 is 10.6 Å². The van der Waals surface area contributed by atoms with Gasteiger partial charge in [0.25, 0.3) is 5.91 Å². The number of carbonyl (C=O) groups is 2. The van der Waals surface area contributed by atoms with E-state index in [-0.39, 0.29) is 23.2 Å². The van der Waals surface area contributed by atoms with Crippen molar-refractivity contribution in [2.24, 2.45) is 29.1 Å². The molecule has 2 heterocycles. The lowest BCUT2D eigenvalue weighted by atomic mass is 9.51. The molecule has 2 N–H and O–H groups in total. The summed E-state index contributed by atoms with van der Waals surface area (Å²) < 4.78 is 0. The molecule has 6 rings (SSSR count). The Morgan fingerprint density at radius 1 is 1.10 bits per heavy atom.